The summed E-state index contributed by atoms with van der Waals surface area (Å²) in [6.45, 7) is 2.99. The van der Waals surface area contributed by atoms with Crippen molar-refractivity contribution in [1.82, 2.24) is 5.32 Å². The van der Waals surface area contributed by atoms with Gasteiger partial charge in [-0.3, -0.25) is 9.59 Å². The number of anilines is 2. The van der Waals surface area contributed by atoms with Crippen molar-refractivity contribution in [2.24, 2.45) is 0 Å². The lowest BCUT2D eigenvalue weighted by Crippen LogP contribution is -2.35. The number of halogens is 1. The summed E-state index contributed by atoms with van der Waals surface area (Å²) in [7, 11) is 1.66. The van der Waals surface area contributed by atoms with Gasteiger partial charge in [0.1, 0.15) is 5.82 Å². The number of benzene rings is 1. The van der Waals surface area contributed by atoms with Gasteiger partial charge in [-0.05, 0) is 32.2 Å². The molecule has 1 aromatic rings. The maximum Gasteiger partial charge on any atom is 0.241 e. The van der Waals surface area contributed by atoms with Gasteiger partial charge in [-0.25, -0.2) is 4.39 Å². The molecule has 0 spiro atoms. The Morgan fingerprint density at radius 3 is 2.50 bits per heavy atom. The normalized spacial score (nSPS) is 11.8. The average molecular weight is 253 g/mol. The summed E-state index contributed by atoms with van der Waals surface area (Å²) in [5.41, 5.74) is 0.463. The number of hydrogen-bond acceptors (Lipinski definition) is 3. The molecule has 0 saturated heterocycles. The highest BCUT2D eigenvalue weighted by Crippen LogP contribution is 2.19. The van der Waals surface area contributed by atoms with Crippen LogP contribution in [0.5, 0.6) is 0 Å². The van der Waals surface area contributed by atoms with Crippen molar-refractivity contribution >= 4 is 23.2 Å². The summed E-state index contributed by atoms with van der Waals surface area (Å²) in [4.78, 5) is 22.5. The largest absolute Gasteiger partial charge is 0.325 e. The Balaban J connectivity index is 2.85. The van der Waals surface area contributed by atoms with E-state index >= 15 is 0 Å². The highest BCUT2D eigenvalue weighted by molar-refractivity contribution is 5.96. The lowest BCUT2D eigenvalue weighted by Gasteiger charge is -2.12. The predicted octanol–water partition coefficient (Wildman–Crippen LogP) is 1.33. The Bertz CT molecular complexity index is 463. The molecule has 1 rings (SSSR count). The molecule has 6 heteroatoms. The van der Waals surface area contributed by atoms with E-state index in [1.165, 1.54) is 25.1 Å². The molecule has 0 saturated carbocycles. The summed E-state index contributed by atoms with van der Waals surface area (Å²) < 4.78 is 13.4. The molecule has 0 aliphatic heterocycles. The molecule has 0 bridgehead atoms. The van der Waals surface area contributed by atoms with Crippen LogP contribution in [0.4, 0.5) is 15.8 Å². The van der Waals surface area contributed by atoms with Gasteiger partial charge in [0.15, 0.2) is 0 Å². The number of carbonyl (C=O) groups is 2. The van der Waals surface area contributed by atoms with Gasteiger partial charge in [0, 0.05) is 12.6 Å². The van der Waals surface area contributed by atoms with Crippen molar-refractivity contribution in [2.45, 2.75) is 19.9 Å². The number of likely N-dealkylation sites (N-methyl/N-ethyl adjacent to an activating group) is 1. The van der Waals surface area contributed by atoms with Gasteiger partial charge in [0.2, 0.25) is 11.8 Å². The summed E-state index contributed by atoms with van der Waals surface area (Å²) in [5.74, 6) is -1.16. The van der Waals surface area contributed by atoms with Gasteiger partial charge in [-0.1, -0.05) is 0 Å². The molecule has 1 atom stereocenters. The molecule has 18 heavy (non-hydrogen) atoms. The molecule has 0 aliphatic carbocycles. The first-order valence-electron chi connectivity index (χ1n) is 5.49. The van der Waals surface area contributed by atoms with Crippen LogP contribution in [-0.2, 0) is 9.59 Å². The first-order chi connectivity index (χ1) is 8.43. The molecule has 3 N–H and O–H groups in total. The summed E-state index contributed by atoms with van der Waals surface area (Å²) in [6.07, 6.45) is 0. The van der Waals surface area contributed by atoms with Crippen molar-refractivity contribution in [3.8, 4) is 0 Å². The molecular weight excluding hydrogens is 237 g/mol. The van der Waals surface area contributed by atoms with E-state index in [2.05, 4.69) is 16.0 Å². The molecular formula is C12H16FN3O2. The van der Waals surface area contributed by atoms with Crippen molar-refractivity contribution in [3.63, 3.8) is 0 Å². The highest BCUT2D eigenvalue weighted by Gasteiger charge is 2.11. The SMILES string of the molecule is CNC(C)C(=O)Nc1ccc(F)c(NC(C)=O)c1. The first-order valence-corrected chi connectivity index (χ1v) is 5.49. The van der Waals surface area contributed by atoms with Crippen LogP contribution in [0.15, 0.2) is 18.2 Å². The fourth-order valence-electron chi connectivity index (χ4n) is 1.27. The Morgan fingerprint density at radius 1 is 1.28 bits per heavy atom. The maximum absolute atomic E-state index is 13.4. The van der Waals surface area contributed by atoms with E-state index in [4.69, 9.17) is 0 Å². The number of carbonyl (C=O) groups excluding carboxylic acids is 2. The summed E-state index contributed by atoms with van der Waals surface area (Å²) >= 11 is 0. The number of nitrogens with one attached hydrogen (secondary N) is 3. The average Bonchev–Trinajstić information content (AvgIpc) is 2.31. The quantitative estimate of drug-likeness (QED) is 0.758. The molecule has 0 aromatic heterocycles. The van der Waals surface area contributed by atoms with E-state index in [0.29, 0.717) is 5.69 Å². The first kappa shape index (κ1) is 14.1. The van der Waals surface area contributed by atoms with E-state index in [1.54, 1.807) is 14.0 Å². The van der Waals surface area contributed by atoms with Crippen molar-refractivity contribution in [1.29, 1.82) is 0 Å². The van der Waals surface area contributed by atoms with E-state index in [1.807, 2.05) is 0 Å². The predicted molar refractivity (Wildman–Crippen MR) is 67.9 cm³/mol. The second-order valence-corrected chi connectivity index (χ2v) is 3.88. The third kappa shape index (κ3) is 3.81. The van der Waals surface area contributed by atoms with Gasteiger partial charge < -0.3 is 16.0 Å². The van der Waals surface area contributed by atoms with Crippen molar-refractivity contribution in [2.75, 3.05) is 17.7 Å². The zero-order chi connectivity index (χ0) is 13.7. The minimum absolute atomic E-state index is 0.0393. The monoisotopic (exact) mass is 253 g/mol. The van der Waals surface area contributed by atoms with Crippen LogP contribution < -0.4 is 16.0 Å². The molecule has 0 heterocycles. The van der Waals surface area contributed by atoms with Crippen LogP contribution >= 0.6 is 0 Å². The minimum atomic E-state index is -0.551. The minimum Gasteiger partial charge on any atom is -0.325 e. The molecule has 0 fully saturated rings. The molecule has 1 aromatic carbocycles. The zero-order valence-electron chi connectivity index (χ0n) is 10.5. The third-order valence-electron chi connectivity index (χ3n) is 2.37. The summed E-state index contributed by atoms with van der Waals surface area (Å²) in [6, 6.07) is 3.63. The fraction of sp³-hybridized carbons (Fsp3) is 0.333. The van der Waals surface area contributed by atoms with Crippen molar-refractivity contribution < 1.29 is 14.0 Å². The van der Waals surface area contributed by atoms with Crippen LogP contribution in [0.2, 0.25) is 0 Å². The second-order valence-electron chi connectivity index (χ2n) is 3.88. The van der Waals surface area contributed by atoms with Gasteiger partial charge in [0.05, 0.1) is 11.7 Å². The Labute approximate surface area is 105 Å². The van der Waals surface area contributed by atoms with Crippen LogP contribution in [0.25, 0.3) is 0 Å². The second kappa shape index (κ2) is 6.11. The van der Waals surface area contributed by atoms with E-state index in [-0.39, 0.29) is 23.5 Å². The lowest BCUT2D eigenvalue weighted by atomic mass is 10.2. The van der Waals surface area contributed by atoms with Crippen LogP contribution in [0, 0.1) is 5.82 Å². The molecule has 98 valence electrons. The fourth-order valence-corrected chi connectivity index (χ4v) is 1.27. The highest BCUT2D eigenvalue weighted by atomic mass is 19.1. The summed E-state index contributed by atoms with van der Waals surface area (Å²) in [5, 5.41) is 7.75. The number of hydrogen-bond donors (Lipinski definition) is 3. The number of amides is 2. The van der Waals surface area contributed by atoms with Gasteiger partial charge in [0.25, 0.3) is 0 Å². The zero-order valence-corrected chi connectivity index (χ0v) is 10.5. The molecule has 2 amide bonds. The lowest BCUT2D eigenvalue weighted by molar-refractivity contribution is -0.117. The van der Waals surface area contributed by atoms with E-state index in [9.17, 15) is 14.0 Å². The van der Waals surface area contributed by atoms with Crippen LogP contribution in [0.3, 0.4) is 0 Å². The standard InChI is InChI=1S/C12H16FN3O2/c1-7(14-3)12(18)16-9-4-5-10(13)11(6-9)15-8(2)17/h4-7,14H,1-3H3,(H,15,17)(H,16,18). The van der Waals surface area contributed by atoms with Crippen LogP contribution in [-0.4, -0.2) is 24.9 Å². The van der Waals surface area contributed by atoms with Crippen molar-refractivity contribution in [3.05, 3.63) is 24.0 Å². The molecule has 0 aliphatic rings. The topological polar surface area (TPSA) is 70.2 Å². The van der Waals surface area contributed by atoms with Gasteiger partial charge >= 0.3 is 0 Å². The molecule has 0 radical (unpaired) electrons. The number of rotatable bonds is 4. The molecule has 5 nitrogen and oxygen atoms in total. The Hall–Kier alpha value is -1.95. The molecule has 1 unspecified atom stereocenters. The van der Waals surface area contributed by atoms with Gasteiger partial charge in [-0.15, -0.1) is 0 Å². The third-order valence-corrected chi connectivity index (χ3v) is 2.37. The Kier molecular flexibility index (Phi) is 4.79. The van der Waals surface area contributed by atoms with E-state index in [0.717, 1.165) is 0 Å². The van der Waals surface area contributed by atoms with Crippen LogP contribution in [0.1, 0.15) is 13.8 Å². The van der Waals surface area contributed by atoms with Gasteiger partial charge in [-0.2, -0.15) is 0 Å². The smallest absolute Gasteiger partial charge is 0.241 e. The Morgan fingerprint density at radius 2 is 1.94 bits per heavy atom. The van der Waals surface area contributed by atoms with E-state index < -0.39 is 5.82 Å². The maximum atomic E-state index is 13.4.